The zero-order valence-electron chi connectivity index (χ0n) is 6.77. The number of rotatable bonds is 1. The number of nitrogens with zero attached hydrogens (tertiary/aromatic N) is 1. The highest BCUT2D eigenvalue weighted by atomic mass is 16.6. The van der Waals surface area contributed by atoms with Crippen LogP contribution in [0.15, 0.2) is 30.3 Å². The second-order valence-corrected chi connectivity index (χ2v) is 2.65. The summed E-state index contributed by atoms with van der Waals surface area (Å²) in [6, 6.07) is 6.96. The normalized spacial score (nSPS) is 14.0. The average molecular weight is 177 g/mol. The number of ether oxygens (including phenoxy) is 1. The summed E-state index contributed by atoms with van der Waals surface area (Å²) in [5.41, 5.74) is 0.681. The summed E-state index contributed by atoms with van der Waals surface area (Å²) in [6.07, 6.45) is 1.47. The Bertz CT molecular complexity index is 384. The fourth-order valence-electron chi connectivity index (χ4n) is 1.30. The van der Waals surface area contributed by atoms with Crippen LogP contribution in [0.2, 0.25) is 0 Å². The van der Waals surface area contributed by atoms with E-state index in [9.17, 15) is 10.1 Å². The van der Waals surface area contributed by atoms with Gasteiger partial charge in [-0.1, -0.05) is 12.1 Å². The number of para-hydroxylation sites is 1. The lowest BCUT2D eigenvalue weighted by Crippen LogP contribution is -2.09. The van der Waals surface area contributed by atoms with Gasteiger partial charge in [0, 0.05) is 6.08 Å². The molecule has 0 aromatic heterocycles. The van der Waals surface area contributed by atoms with E-state index in [4.69, 9.17) is 4.74 Å². The maximum absolute atomic E-state index is 10.6. The van der Waals surface area contributed by atoms with Crippen LogP contribution in [0, 0.1) is 10.1 Å². The minimum atomic E-state index is -0.388. The molecule has 1 heterocycles. The van der Waals surface area contributed by atoms with Crippen molar-refractivity contribution in [2.24, 2.45) is 0 Å². The summed E-state index contributed by atoms with van der Waals surface area (Å²) < 4.78 is 5.22. The van der Waals surface area contributed by atoms with Crippen molar-refractivity contribution in [1.82, 2.24) is 0 Å². The Labute approximate surface area is 74.6 Å². The van der Waals surface area contributed by atoms with Gasteiger partial charge in [-0.2, -0.15) is 0 Å². The van der Waals surface area contributed by atoms with Crippen molar-refractivity contribution in [3.05, 3.63) is 46.0 Å². The van der Waals surface area contributed by atoms with Crippen molar-refractivity contribution in [2.75, 3.05) is 6.61 Å². The second kappa shape index (κ2) is 2.90. The highest BCUT2D eigenvalue weighted by molar-refractivity contribution is 5.66. The van der Waals surface area contributed by atoms with E-state index in [2.05, 4.69) is 0 Å². The Hall–Kier alpha value is -1.84. The SMILES string of the molecule is O=[N+]([O-])C1=CCOc2ccccc21. The largest absolute Gasteiger partial charge is 0.488 e. The summed E-state index contributed by atoms with van der Waals surface area (Å²) in [6.45, 7) is 0.271. The Kier molecular flexibility index (Phi) is 1.73. The number of fused-ring (bicyclic) bond motifs is 1. The van der Waals surface area contributed by atoms with E-state index in [0.29, 0.717) is 11.3 Å². The first-order valence-corrected chi connectivity index (χ1v) is 3.86. The summed E-state index contributed by atoms with van der Waals surface area (Å²) in [4.78, 5) is 10.2. The van der Waals surface area contributed by atoms with Gasteiger partial charge in [0.1, 0.15) is 12.4 Å². The molecule has 1 aromatic rings. The molecule has 66 valence electrons. The van der Waals surface area contributed by atoms with Crippen LogP contribution < -0.4 is 4.74 Å². The van der Waals surface area contributed by atoms with Gasteiger partial charge >= 0.3 is 0 Å². The summed E-state index contributed by atoms with van der Waals surface area (Å²) in [5, 5.41) is 10.6. The van der Waals surface area contributed by atoms with Gasteiger partial charge < -0.3 is 4.74 Å². The average Bonchev–Trinajstić information content (AvgIpc) is 2.17. The van der Waals surface area contributed by atoms with Crippen molar-refractivity contribution in [3.63, 3.8) is 0 Å². The third-order valence-electron chi connectivity index (χ3n) is 1.88. The lowest BCUT2D eigenvalue weighted by molar-refractivity contribution is -0.376. The first kappa shape index (κ1) is 7.79. The molecule has 1 aliphatic rings. The number of hydrogen-bond donors (Lipinski definition) is 0. The second-order valence-electron chi connectivity index (χ2n) is 2.65. The van der Waals surface area contributed by atoms with Gasteiger partial charge in [0.25, 0.3) is 5.70 Å². The predicted octanol–water partition coefficient (Wildman–Crippen LogP) is 1.70. The maximum Gasteiger partial charge on any atom is 0.279 e. The fraction of sp³-hybridized carbons (Fsp3) is 0.111. The van der Waals surface area contributed by atoms with Crippen molar-refractivity contribution >= 4 is 5.70 Å². The molecular weight excluding hydrogens is 170 g/mol. The molecule has 0 saturated heterocycles. The van der Waals surface area contributed by atoms with E-state index >= 15 is 0 Å². The van der Waals surface area contributed by atoms with E-state index in [1.54, 1.807) is 24.3 Å². The highest BCUT2D eigenvalue weighted by Gasteiger charge is 2.21. The molecule has 0 amide bonds. The monoisotopic (exact) mass is 177 g/mol. The topological polar surface area (TPSA) is 52.4 Å². The van der Waals surface area contributed by atoms with Gasteiger partial charge in [-0.05, 0) is 12.1 Å². The number of benzene rings is 1. The van der Waals surface area contributed by atoms with Gasteiger partial charge in [-0.3, -0.25) is 10.1 Å². The van der Waals surface area contributed by atoms with Crippen molar-refractivity contribution in [3.8, 4) is 5.75 Å². The first-order valence-electron chi connectivity index (χ1n) is 3.86. The molecule has 0 spiro atoms. The Balaban J connectivity index is 2.53. The summed E-state index contributed by atoms with van der Waals surface area (Å²) >= 11 is 0. The molecule has 2 rings (SSSR count). The lowest BCUT2D eigenvalue weighted by Gasteiger charge is -2.12. The molecule has 4 nitrogen and oxygen atoms in total. The third kappa shape index (κ3) is 1.26. The Morgan fingerprint density at radius 1 is 1.38 bits per heavy atom. The predicted molar refractivity (Wildman–Crippen MR) is 46.9 cm³/mol. The van der Waals surface area contributed by atoms with E-state index in [1.807, 2.05) is 0 Å². The molecule has 1 aliphatic heterocycles. The van der Waals surface area contributed by atoms with Gasteiger partial charge in [0.2, 0.25) is 0 Å². The van der Waals surface area contributed by atoms with Gasteiger partial charge in [0.05, 0.1) is 10.5 Å². The van der Waals surface area contributed by atoms with Crippen LogP contribution in [0.3, 0.4) is 0 Å². The van der Waals surface area contributed by atoms with Crippen LogP contribution in [0.4, 0.5) is 0 Å². The minimum Gasteiger partial charge on any atom is -0.488 e. The highest BCUT2D eigenvalue weighted by Crippen LogP contribution is 2.29. The minimum absolute atomic E-state index is 0.127. The molecule has 1 aromatic carbocycles. The number of hydrogen-bond acceptors (Lipinski definition) is 3. The Morgan fingerprint density at radius 3 is 2.92 bits per heavy atom. The third-order valence-corrected chi connectivity index (χ3v) is 1.88. The zero-order chi connectivity index (χ0) is 9.26. The van der Waals surface area contributed by atoms with Crippen LogP contribution >= 0.6 is 0 Å². The smallest absolute Gasteiger partial charge is 0.279 e. The van der Waals surface area contributed by atoms with Crippen molar-refractivity contribution < 1.29 is 9.66 Å². The van der Waals surface area contributed by atoms with E-state index in [-0.39, 0.29) is 17.2 Å². The van der Waals surface area contributed by atoms with E-state index < -0.39 is 0 Å². The molecule has 0 fully saturated rings. The molecule has 13 heavy (non-hydrogen) atoms. The molecule has 0 N–H and O–H groups in total. The number of nitro groups is 1. The van der Waals surface area contributed by atoms with Crippen LogP contribution in [-0.2, 0) is 0 Å². The van der Waals surface area contributed by atoms with Gasteiger partial charge in [0.15, 0.2) is 0 Å². The first-order chi connectivity index (χ1) is 6.29. The summed E-state index contributed by atoms with van der Waals surface area (Å²) in [7, 11) is 0. The molecule has 0 radical (unpaired) electrons. The lowest BCUT2D eigenvalue weighted by atomic mass is 10.1. The molecule has 0 atom stereocenters. The molecule has 0 aliphatic carbocycles. The van der Waals surface area contributed by atoms with Crippen LogP contribution in [-0.4, -0.2) is 11.5 Å². The zero-order valence-corrected chi connectivity index (χ0v) is 6.77. The van der Waals surface area contributed by atoms with Crippen molar-refractivity contribution in [2.45, 2.75) is 0 Å². The van der Waals surface area contributed by atoms with Crippen LogP contribution in [0.5, 0.6) is 5.75 Å². The molecule has 0 bridgehead atoms. The van der Waals surface area contributed by atoms with E-state index in [0.717, 1.165) is 0 Å². The molecular formula is C9H7NO3. The molecule has 4 heteroatoms. The molecule has 0 unspecified atom stereocenters. The van der Waals surface area contributed by atoms with Crippen LogP contribution in [0.25, 0.3) is 5.70 Å². The summed E-state index contributed by atoms with van der Waals surface area (Å²) in [5.74, 6) is 0.580. The standard InChI is InChI=1S/C9H7NO3/c11-10(12)8-5-6-13-9-4-2-1-3-7(8)9/h1-5H,6H2. The van der Waals surface area contributed by atoms with Gasteiger partial charge in [-0.25, -0.2) is 0 Å². The van der Waals surface area contributed by atoms with Crippen molar-refractivity contribution in [1.29, 1.82) is 0 Å². The van der Waals surface area contributed by atoms with Gasteiger partial charge in [-0.15, -0.1) is 0 Å². The fourth-order valence-corrected chi connectivity index (χ4v) is 1.30. The Morgan fingerprint density at radius 2 is 2.15 bits per heavy atom. The maximum atomic E-state index is 10.6. The van der Waals surface area contributed by atoms with E-state index in [1.165, 1.54) is 6.08 Å². The molecule has 0 saturated carbocycles. The van der Waals surface area contributed by atoms with Crippen LogP contribution in [0.1, 0.15) is 5.56 Å². The quantitative estimate of drug-likeness (QED) is 0.484.